The van der Waals surface area contributed by atoms with Crippen molar-refractivity contribution in [3.05, 3.63) is 101 Å². The minimum Gasteiger partial charge on any atom is -0.371 e. The Balaban J connectivity index is 0.967. The van der Waals surface area contributed by atoms with E-state index in [-0.39, 0.29) is 18.7 Å². The van der Waals surface area contributed by atoms with E-state index in [2.05, 4.69) is 44.5 Å². The summed E-state index contributed by atoms with van der Waals surface area (Å²) >= 11 is 0. The number of anilines is 1. The van der Waals surface area contributed by atoms with Gasteiger partial charge in [0.1, 0.15) is 11.6 Å². The number of carbonyl (C=O) groups is 5. The molecule has 262 valence electrons. The molecule has 12 heteroatoms. The zero-order valence-electron chi connectivity index (χ0n) is 29.1. The highest BCUT2D eigenvalue weighted by atomic mass is 16.2. The monoisotopic (exact) mass is 695 g/mol. The zero-order valence-corrected chi connectivity index (χ0v) is 29.1. The lowest BCUT2D eigenvalue weighted by molar-refractivity contribution is -0.136. The van der Waals surface area contributed by atoms with E-state index < -0.39 is 29.7 Å². The summed E-state index contributed by atoms with van der Waals surface area (Å²) in [6.45, 7) is 3.34. The molecule has 3 aromatic carbocycles. The van der Waals surface area contributed by atoms with Crippen molar-refractivity contribution in [3.63, 3.8) is 0 Å². The van der Waals surface area contributed by atoms with E-state index in [1.807, 2.05) is 37.4 Å². The lowest BCUT2D eigenvalue weighted by atomic mass is 9.88. The number of aromatic amines is 1. The Labute approximate surface area is 299 Å². The standard InChI is InChI=1S/C40H37N7O5/c1-22-19-26(11-12-27(22)38(50)45(2)3)29-20-41-36-35(29)43-30(21-42-36)25-9-7-23(8-10-25)24-15-17-46(18-16-24)31-6-4-5-28-34(31)40(52)47(39(28)51)32-13-14-33(48)44-37(32)49/h4-12,19-21,24,32H,13-18H2,1-3H3,(H,41,42)(H,44,48,49). The van der Waals surface area contributed by atoms with Crippen LogP contribution in [0.2, 0.25) is 0 Å². The second kappa shape index (κ2) is 12.9. The summed E-state index contributed by atoms with van der Waals surface area (Å²) in [5, 5.41) is 2.26. The fraction of sp³-hybridized carbons (Fsp3) is 0.275. The maximum atomic E-state index is 13.6. The van der Waals surface area contributed by atoms with Crippen LogP contribution in [0.15, 0.2) is 73.1 Å². The molecular formula is C40H37N7O5. The van der Waals surface area contributed by atoms with Gasteiger partial charge in [-0.2, -0.15) is 0 Å². The highest BCUT2D eigenvalue weighted by Crippen LogP contribution is 2.38. The van der Waals surface area contributed by atoms with Crippen molar-refractivity contribution in [1.82, 2.24) is 30.1 Å². The first-order chi connectivity index (χ1) is 25.1. The van der Waals surface area contributed by atoms with Crippen LogP contribution in [-0.2, 0) is 9.59 Å². The van der Waals surface area contributed by atoms with E-state index in [1.165, 1.54) is 5.56 Å². The van der Waals surface area contributed by atoms with Gasteiger partial charge in [0.25, 0.3) is 17.7 Å². The normalized spacial score (nSPS) is 17.9. The summed E-state index contributed by atoms with van der Waals surface area (Å²) in [6, 6.07) is 18.5. The number of piperidine rings is 2. The lowest BCUT2D eigenvalue weighted by Crippen LogP contribution is -2.54. The van der Waals surface area contributed by atoms with Gasteiger partial charge in [0, 0.05) is 56.5 Å². The second-order valence-electron chi connectivity index (χ2n) is 13.9. The molecule has 0 saturated carbocycles. The minimum absolute atomic E-state index is 0.0346. The topological polar surface area (TPSA) is 149 Å². The molecule has 12 nitrogen and oxygen atoms in total. The molecule has 52 heavy (non-hydrogen) atoms. The van der Waals surface area contributed by atoms with E-state index in [1.54, 1.807) is 37.3 Å². The van der Waals surface area contributed by atoms with Gasteiger partial charge >= 0.3 is 0 Å². The smallest absolute Gasteiger partial charge is 0.264 e. The molecule has 2 saturated heterocycles. The van der Waals surface area contributed by atoms with Crippen molar-refractivity contribution in [1.29, 1.82) is 0 Å². The number of aromatic nitrogens is 3. The Bertz CT molecular complexity index is 2300. The van der Waals surface area contributed by atoms with Gasteiger partial charge in [0.15, 0.2) is 5.65 Å². The average Bonchev–Trinajstić information content (AvgIpc) is 3.69. The molecule has 0 spiro atoms. The minimum atomic E-state index is -0.993. The molecule has 1 unspecified atom stereocenters. The molecule has 2 fully saturated rings. The number of rotatable bonds is 6. The van der Waals surface area contributed by atoms with E-state index in [9.17, 15) is 24.0 Å². The highest BCUT2D eigenvalue weighted by molar-refractivity contribution is 6.25. The molecule has 1 atom stereocenters. The Morgan fingerprint density at radius 2 is 1.63 bits per heavy atom. The quantitative estimate of drug-likeness (QED) is 0.234. The van der Waals surface area contributed by atoms with Crippen LogP contribution >= 0.6 is 0 Å². The van der Waals surface area contributed by atoms with Gasteiger partial charge in [-0.25, -0.2) is 9.97 Å². The molecule has 3 aliphatic heterocycles. The molecule has 0 radical (unpaired) electrons. The van der Waals surface area contributed by atoms with Gasteiger partial charge in [-0.1, -0.05) is 42.5 Å². The second-order valence-corrected chi connectivity index (χ2v) is 13.9. The van der Waals surface area contributed by atoms with Crippen LogP contribution < -0.4 is 10.2 Å². The van der Waals surface area contributed by atoms with E-state index >= 15 is 0 Å². The van der Waals surface area contributed by atoms with Crippen LogP contribution in [0.3, 0.4) is 0 Å². The summed E-state index contributed by atoms with van der Waals surface area (Å²) in [5.74, 6) is -1.71. The predicted octanol–water partition coefficient (Wildman–Crippen LogP) is 5.09. The van der Waals surface area contributed by atoms with Crippen LogP contribution in [0.5, 0.6) is 0 Å². The Morgan fingerprint density at radius 1 is 0.885 bits per heavy atom. The Kier molecular flexibility index (Phi) is 8.16. The summed E-state index contributed by atoms with van der Waals surface area (Å²) in [5.41, 5.74) is 9.13. The number of nitrogens with zero attached hydrogens (tertiary/aromatic N) is 5. The van der Waals surface area contributed by atoms with E-state index in [0.29, 0.717) is 47.0 Å². The fourth-order valence-corrected chi connectivity index (χ4v) is 7.70. The Hall–Kier alpha value is -6.17. The number of imide groups is 2. The average molecular weight is 696 g/mol. The van der Waals surface area contributed by atoms with Crippen LogP contribution in [-0.4, -0.2) is 87.5 Å². The number of aryl methyl sites for hydroxylation is 1. The van der Waals surface area contributed by atoms with Gasteiger partial charge < -0.3 is 14.8 Å². The summed E-state index contributed by atoms with van der Waals surface area (Å²) < 4.78 is 0. The van der Waals surface area contributed by atoms with E-state index in [0.717, 1.165) is 51.2 Å². The highest BCUT2D eigenvalue weighted by Gasteiger charge is 2.46. The largest absolute Gasteiger partial charge is 0.371 e. The van der Waals surface area contributed by atoms with Crippen molar-refractivity contribution in [2.45, 2.75) is 44.6 Å². The molecule has 0 aliphatic carbocycles. The fourth-order valence-electron chi connectivity index (χ4n) is 7.70. The maximum Gasteiger partial charge on any atom is 0.264 e. The summed E-state index contributed by atoms with van der Waals surface area (Å²) in [7, 11) is 3.49. The first-order valence-corrected chi connectivity index (χ1v) is 17.5. The first kappa shape index (κ1) is 33.0. The van der Waals surface area contributed by atoms with Gasteiger partial charge in [-0.3, -0.25) is 34.2 Å². The first-order valence-electron chi connectivity index (χ1n) is 17.5. The number of fused-ring (bicyclic) bond motifs is 2. The third-order valence-corrected chi connectivity index (χ3v) is 10.5. The van der Waals surface area contributed by atoms with Crippen molar-refractivity contribution in [2.24, 2.45) is 0 Å². The number of H-pyrrole nitrogens is 1. The van der Waals surface area contributed by atoms with Crippen molar-refractivity contribution < 1.29 is 24.0 Å². The molecule has 2 N–H and O–H groups in total. The van der Waals surface area contributed by atoms with Gasteiger partial charge in [-0.05, 0) is 67.0 Å². The van der Waals surface area contributed by atoms with Crippen LogP contribution in [0, 0.1) is 6.92 Å². The predicted molar refractivity (Wildman–Crippen MR) is 195 cm³/mol. The summed E-state index contributed by atoms with van der Waals surface area (Å²) in [4.78, 5) is 81.4. The molecule has 5 aromatic rings. The number of hydrogen-bond acceptors (Lipinski definition) is 8. The van der Waals surface area contributed by atoms with E-state index in [4.69, 9.17) is 4.98 Å². The molecule has 3 aliphatic rings. The van der Waals surface area contributed by atoms with Crippen LogP contribution in [0.25, 0.3) is 33.5 Å². The summed E-state index contributed by atoms with van der Waals surface area (Å²) in [6.07, 6.45) is 5.60. The van der Waals surface area contributed by atoms with Crippen LogP contribution in [0.4, 0.5) is 5.69 Å². The number of nitrogens with one attached hydrogen (secondary N) is 2. The van der Waals surface area contributed by atoms with Crippen LogP contribution in [0.1, 0.15) is 73.8 Å². The van der Waals surface area contributed by atoms with Gasteiger partial charge in [0.05, 0.1) is 28.7 Å². The van der Waals surface area contributed by atoms with Crippen molar-refractivity contribution in [2.75, 3.05) is 32.1 Å². The number of benzene rings is 3. The molecule has 2 aromatic heterocycles. The number of amides is 5. The molecule has 5 heterocycles. The SMILES string of the molecule is Cc1cc(-c2c[nH]c3ncc(-c4ccc(C5CCN(c6cccc7c6C(=O)N(C6CCC(=O)NC6=O)C7=O)CC5)cc4)nc23)ccc1C(=O)N(C)C. The van der Waals surface area contributed by atoms with Gasteiger partial charge in [0.2, 0.25) is 11.8 Å². The van der Waals surface area contributed by atoms with Gasteiger partial charge in [-0.15, -0.1) is 0 Å². The molecule has 5 amide bonds. The third-order valence-electron chi connectivity index (χ3n) is 10.5. The Morgan fingerprint density at radius 3 is 2.35 bits per heavy atom. The molecular weight excluding hydrogens is 658 g/mol. The number of hydrogen-bond donors (Lipinski definition) is 2. The molecule has 0 bridgehead atoms. The van der Waals surface area contributed by atoms with Crippen molar-refractivity contribution in [3.8, 4) is 22.4 Å². The molecule has 8 rings (SSSR count). The zero-order chi connectivity index (χ0) is 36.3. The third kappa shape index (κ3) is 5.60. The number of carbonyl (C=O) groups excluding carboxylic acids is 5. The lowest BCUT2D eigenvalue weighted by Gasteiger charge is -2.35. The maximum absolute atomic E-state index is 13.6. The van der Waals surface area contributed by atoms with Crippen molar-refractivity contribution >= 4 is 46.4 Å².